The summed E-state index contributed by atoms with van der Waals surface area (Å²) in [5.41, 5.74) is 0. The third-order valence-corrected chi connectivity index (χ3v) is 2.33. The zero-order valence-corrected chi connectivity index (χ0v) is 8.94. The van der Waals surface area contributed by atoms with Gasteiger partial charge in [-0.15, -0.1) is 0 Å². The predicted molar refractivity (Wildman–Crippen MR) is 51.7 cm³/mol. The maximum atomic E-state index is 11.9. The van der Waals surface area contributed by atoms with Crippen molar-refractivity contribution in [3.8, 4) is 0 Å². The first-order chi connectivity index (χ1) is 6.97. The summed E-state index contributed by atoms with van der Waals surface area (Å²) in [6, 6.07) is -0.533. The Morgan fingerprint density at radius 3 is 2.60 bits per heavy atom. The molecule has 1 fully saturated rings. The van der Waals surface area contributed by atoms with E-state index in [0.717, 1.165) is 6.61 Å². The molecule has 0 aromatic carbocycles. The van der Waals surface area contributed by atoms with E-state index in [-0.39, 0.29) is 0 Å². The van der Waals surface area contributed by atoms with E-state index in [2.05, 4.69) is 5.32 Å². The first kappa shape index (κ1) is 12.8. The third-order valence-electron chi connectivity index (χ3n) is 2.33. The highest BCUT2D eigenvalue weighted by Crippen LogP contribution is 2.28. The van der Waals surface area contributed by atoms with Crippen molar-refractivity contribution >= 4 is 0 Å². The molecule has 5 heteroatoms. The fourth-order valence-corrected chi connectivity index (χ4v) is 1.33. The van der Waals surface area contributed by atoms with Gasteiger partial charge in [0.05, 0.1) is 13.0 Å². The lowest BCUT2D eigenvalue weighted by atomic mass is 10.2. The normalized spacial score (nSPS) is 19.2. The number of nitrogens with one attached hydrogen (secondary N) is 1. The van der Waals surface area contributed by atoms with Crippen molar-refractivity contribution < 1.29 is 17.9 Å². The Morgan fingerprint density at radius 2 is 2.07 bits per heavy atom. The molecule has 90 valence electrons. The Hall–Kier alpha value is -0.290. The smallest absolute Gasteiger partial charge is 0.380 e. The van der Waals surface area contributed by atoms with Gasteiger partial charge in [-0.3, -0.25) is 0 Å². The van der Waals surface area contributed by atoms with Crippen molar-refractivity contribution in [1.82, 2.24) is 5.32 Å². The second-order valence-corrected chi connectivity index (χ2v) is 4.19. The van der Waals surface area contributed by atoms with Crippen molar-refractivity contribution in [3.05, 3.63) is 0 Å². The maximum absolute atomic E-state index is 11.9. The minimum Gasteiger partial charge on any atom is -0.380 e. The van der Waals surface area contributed by atoms with Gasteiger partial charge in [-0.1, -0.05) is 0 Å². The standard InChI is InChI=1S/C10H18F3NO/c1-8(6-10(11,12)13)14-4-5-15-7-9-2-3-9/h8-9,14H,2-7H2,1H3. The number of rotatable bonds is 7. The van der Waals surface area contributed by atoms with Gasteiger partial charge in [0.1, 0.15) is 0 Å². The van der Waals surface area contributed by atoms with Gasteiger partial charge in [-0.05, 0) is 25.7 Å². The molecule has 0 saturated heterocycles. The molecule has 1 atom stereocenters. The molecular formula is C10H18F3NO. The molecule has 0 aromatic heterocycles. The Morgan fingerprint density at radius 1 is 1.40 bits per heavy atom. The van der Waals surface area contributed by atoms with Crippen molar-refractivity contribution in [2.45, 2.75) is 38.4 Å². The molecule has 0 heterocycles. The SMILES string of the molecule is CC(CC(F)(F)F)NCCOCC1CC1. The molecule has 1 aliphatic rings. The highest BCUT2D eigenvalue weighted by Gasteiger charge is 2.29. The molecule has 1 saturated carbocycles. The quantitative estimate of drug-likeness (QED) is 0.671. The fraction of sp³-hybridized carbons (Fsp3) is 1.00. The van der Waals surface area contributed by atoms with Gasteiger partial charge in [0.2, 0.25) is 0 Å². The summed E-state index contributed by atoms with van der Waals surface area (Å²) in [5.74, 6) is 0.706. The van der Waals surface area contributed by atoms with Crippen molar-refractivity contribution in [3.63, 3.8) is 0 Å². The molecule has 0 radical (unpaired) electrons. The summed E-state index contributed by atoms with van der Waals surface area (Å²) >= 11 is 0. The highest BCUT2D eigenvalue weighted by molar-refractivity contribution is 4.72. The van der Waals surface area contributed by atoms with Gasteiger partial charge in [0.25, 0.3) is 0 Å². The molecule has 0 aromatic rings. The zero-order chi connectivity index (χ0) is 11.3. The molecule has 1 aliphatic carbocycles. The molecule has 0 bridgehead atoms. The van der Waals surface area contributed by atoms with Gasteiger partial charge in [0.15, 0.2) is 0 Å². The average molecular weight is 225 g/mol. The van der Waals surface area contributed by atoms with Gasteiger partial charge < -0.3 is 10.1 Å². The van der Waals surface area contributed by atoms with Crippen LogP contribution >= 0.6 is 0 Å². The molecule has 1 rings (SSSR count). The van der Waals surface area contributed by atoms with Gasteiger partial charge in [0, 0.05) is 19.2 Å². The molecule has 2 nitrogen and oxygen atoms in total. The zero-order valence-electron chi connectivity index (χ0n) is 8.94. The van der Waals surface area contributed by atoms with Crippen LogP contribution in [0.15, 0.2) is 0 Å². The van der Waals surface area contributed by atoms with E-state index >= 15 is 0 Å². The molecule has 1 unspecified atom stereocenters. The Labute approximate surface area is 88.2 Å². The van der Waals surface area contributed by atoms with E-state index in [9.17, 15) is 13.2 Å². The highest BCUT2D eigenvalue weighted by atomic mass is 19.4. The van der Waals surface area contributed by atoms with E-state index < -0.39 is 18.6 Å². The molecule has 1 N–H and O–H groups in total. The van der Waals surface area contributed by atoms with Crippen molar-refractivity contribution in [2.24, 2.45) is 5.92 Å². The van der Waals surface area contributed by atoms with E-state index in [1.165, 1.54) is 19.8 Å². The molecule has 15 heavy (non-hydrogen) atoms. The van der Waals surface area contributed by atoms with Crippen LogP contribution in [0.3, 0.4) is 0 Å². The number of ether oxygens (including phenoxy) is 1. The minimum atomic E-state index is -4.08. The van der Waals surface area contributed by atoms with Crippen LogP contribution in [0.1, 0.15) is 26.2 Å². The summed E-state index contributed by atoms with van der Waals surface area (Å²) in [7, 11) is 0. The Balaban J connectivity index is 1.89. The van der Waals surface area contributed by atoms with E-state index in [1.807, 2.05) is 0 Å². The monoisotopic (exact) mass is 225 g/mol. The van der Waals surface area contributed by atoms with E-state index in [0.29, 0.717) is 19.1 Å². The number of halogens is 3. The third kappa shape index (κ3) is 7.62. The number of hydrogen-bond acceptors (Lipinski definition) is 2. The summed E-state index contributed by atoms with van der Waals surface area (Å²) in [6.07, 6.45) is -2.40. The van der Waals surface area contributed by atoms with E-state index in [4.69, 9.17) is 4.74 Å². The summed E-state index contributed by atoms with van der Waals surface area (Å²) < 4.78 is 41.1. The predicted octanol–water partition coefficient (Wildman–Crippen LogP) is 2.34. The van der Waals surface area contributed by atoms with Gasteiger partial charge in [-0.2, -0.15) is 13.2 Å². The number of alkyl halides is 3. The lowest BCUT2D eigenvalue weighted by Gasteiger charge is -2.15. The lowest BCUT2D eigenvalue weighted by molar-refractivity contribution is -0.139. The second kappa shape index (κ2) is 5.70. The fourth-order valence-electron chi connectivity index (χ4n) is 1.33. The summed E-state index contributed by atoms with van der Waals surface area (Å²) in [5, 5.41) is 2.79. The summed E-state index contributed by atoms with van der Waals surface area (Å²) in [4.78, 5) is 0. The maximum Gasteiger partial charge on any atom is 0.390 e. The average Bonchev–Trinajstić information content (AvgIpc) is 2.83. The lowest BCUT2D eigenvalue weighted by Crippen LogP contribution is -2.33. The van der Waals surface area contributed by atoms with Crippen LogP contribution in [-0.2, 0) is 4.74 Å². The van der Waals surface area contributed by atoms with Crippen LogP contribution < -0.4 is 5.32 Å². The first-order valence-corrected chi connectivity index (χ1v) is 5.35. The van der Waals surface area contributed by atoms with Gasteiger partial charge in [-0.25, -0.2) is 0 Å². The van der Waals surface area contributed by atoms with Crippen LogP contribution in [0, 0.1) is 5.92 Å². The van der Waals surface area contributed by atoms with Crippen LogP contribution in [0.25, 0.3) is 0 Å². The molecule has 0 aliphatic heterocycles. The second-order valence-electron chi connectivity index (χ2n) is 4.19. The van der Waals surface area contributed by atoms with Gasteiger partial charge >= 0.3 is 6.18 Å². The number of hydrogen-bond donors (Lipinski definition) is 1. The van der Waals surface area contributed by atoms with Crippen LogP contribution in [0.4, 0.5) is 13.2 Å². The van der Waals surface area contributed by atoms with Crippen LogP contribution in [0.2, 0.25) is 0 Å². The topological polar surface area (TPSA) is 21.3 Å². The summed E-state index contributed by atoms with van der Waals surface area (Å²) in [6.45, 7) is 3.28. The van der Waals surface area contributed by atoms with Crippen LogP contribution in [0.5, 0.6) is 0 Å². The minimum absolute atomic E-state index is 0.490. The Bertz CT molecular complexity index is 180. The molecular weight excluding hydrogens is 207 g/mol. The van der Waals surface area contributed by atoms with Crippen LogP contribution in [-0.4, -0.2) is 32.0 Å². The van der Waals surface area contributed by atoms with Crippen molar-refractivity contribution in [1.29, 1.82) is 0 Å². The molecule has 0 spiro atoms. The van der Waals surface area contributed by atoms with Crippen molar-refractivity contribution in [2.75, 3.05) is 19.8 Å². The van der Waals surface area contributed by atoms with E-state index in [1.54, 1.807) is 0 Å². The first-order valence-electron chi connectivity index (χ1n) is 5.35. The molecule has 0 amide bonds. The largest absolute Gasteiger partial charge is 0.390 e. The Kier molecular flexibility index (Phi) is 4.86.